The highest BCUT2D eigenvalue weighted by molar-refractivity contribution is 7.89. The summed E-state index contributed by atoms with van der Waals surface area (Å²) in [6.07, 6.45) is 2.66. The van der Waals surface area contributed by atoms with Gasteiger partial charge in [-0.3, -0.25) is 4.79 Å². The van der Waals surface area contributed by atoms with E-state index >= 15 is 0 Å². The lowest BCUT2D eigenvalue weighted by molar-refractivity contribution is -0.124. The maximum atomic E-state index is 12.8. The minimum atomic E-state index is -3.73. The summed E-state index contributed by atoms with van der Waals surface area (Å²) in [5.74, 6) is 0.301. The molecule has 1 N–H and O–H groups in total. The molecule has 0 spiro atoms. The Bertz CT molecular complexity index is 803. The van der Waals surface area contributed by atoms with E-state index in [4.69, 9.17) is 16.0 Å². The second-order valence-corrected chi connectivity index (χ2v) is 7.85. The molecule has 8 heteroatoms. The zero-order valence-electron chi connectivity index (χ0n) is 12.8. The van der Waals surface area contributed by atoms with Crippen molar-refractivity contribution in [2.24, 2.45) is 0 Å². The molecule has 1 atom stereocenters. The van der Waals surface area contributed by atoms with Crippen molar-refractivity contribution in [3.8, 4) is 0 Å². The van der Waals surface area contributed by atoms with Gasteiger partial charge in [0, 0.05) is 11.6 Å². The van der Waals surface area contributed by atoms with Crippen molar-refractivity contribution >= 4 is 27.5 Å². The smallest absolute Gasteiger partial charge is 0.243 e. The minimum absolute atomic E-state index is 0.137. The molecule has 1 aromatic heterocycles. The van der Waals surface area contributed by atoms with E-state index in [0.717, 1.165) is 0 Å². The van der Waals surface area contributed by atoms with Gasteiger partial charge < -0.3 is 9.73 Å². The highest BCUT2D eigenvalue weighted by Crippen LogP contribution is 2.27. The molecule has 1 amide bonds. The van der Waals surface area contributed by atoms with Gasteiger partial charge in [0.1, 0.15) is 11.8 Å². The molecule has 0 saturated carbocycles. The molecule has 1 aromatic carbocycles. The summed E-state index contributed by atoms with van der Waals surface area (Å²) in [6, 6.07) is 8.72. The minimum Gasteiger partial charge on any atom is -0.467 e. The van der Waals surface area contributed by atoms with Crippen molar-refractivity contribution < 1.29 is 17.6 Å². The van der Waals surface area contributed by atoms with E-state index in [1.54, 1.807) is 12.1 Å². The molecule has 1 aliphatic heterocycles. The Labute approximate surface area is 145 Å². The first kappa shape index (κ1) is 17.0. The molecule has 3 rings (SSSR count). The van der Waals surface area contributed by atoms with Gasteiger partial charge in [0.15, 0.2) is 0 Å². The van der Waals surface area contributed by atoms with Gasteiger partial charge in [-0.15, -0.1) is 0 Å². The Morgan fingerprint density at radius 3 is 2.71 bits per heavy atom. The Balaban J connectivity index is 1.74. The molecule has 2 heterocycles. The molecule has 1 aliphatic rings. The number of nitrogens with zero attached hydrogens (tertiary/aromatic N) is 1. The molecule has 0 bridgehead atoms. The van der Waals surface area contributed by atoms with Gasteiger partial charge in [-0.25, -0.2) is 8.42 Å². The number of sulfonamides is 1. The van der Waals surface area contributed by atoms with Crippen molar-refractivity contribution in [1.82, 2.24) is 9.62 Å². The van der Waals surface area contributed by atoms with Gasteiger partial charge >= 0.3 is 0 Å². The lowest BCUT2D eigenvalue weighted by Crippen LogP contribution is -2.45. The standard InChI is InChI=1S/C16H17ClN2O4S/c17-12-5-7-14(8-6-12)24(21,22)19-9-1-4-15(19)16(20)18-11-13-3-2-10-23-13/h2-3,5-8,10,15H,1,4,9,11H2,(H,18,20). The zero-order valence-corrected chi connectivity index (χ0v) is 14.4. The number of amides is 1. The number of hydrogen-bond acceptors (Lipinski definition) is 4. The van der Waals surface area contributed by atoms with Crippen LogP contribution in [-0.4, -0.2) is 31.2 Å². The molecular formula is C16H17ClN2O4S. The van der Waals surface area contributed by atoms with Crippen molar-refractivity contribution in [3.63, 3.8) is 0 Å². The number of carbonyl (C=O) groups is 1. The largest absolute Gasteiger partial charge is 0.467 e. The topological polar surface area (TPSA) is 79.6 Å². The van der Waals surface area contributed by atoms with Gasteiger partial charge in [0.05, 0.1) is 17.7 Å². The maximum absolute atomic E-state index is 12.8. The third-order valence-corrected chi connectivity index (χ3v) is 6.12. The van der Waals surface area contributed by atoms with Gasteiger partial charge in [0.2, 0.25) is 15.9 Å². The average Bonchev–Trinajstić information content (AvgIpc) is 3.24. The van der Waals surface area contributed by atoms with Gasteiger partial charge in [-0.05, 0) is 49.2 Å². The van der Waals surface area contributed by atoms with Crippen LogP contribution in [0.1, 0.15) is 18.6 Å². The second-order valence-electron chi connectivity index (χ2n) is 5.52. The fourth-order valence-electron chi connectivity index (χ4n) is 2.74. The summed E-state index contributed by atoms with van der Waals surface area (Å²) in [4.78, 5) is 12.5. The lowest BCUT2D eigenvalue weighted by atomic mass is 10.2. The van der Waals surface area contributed by atoms with Crippen LogP contribution in [0.15, 0.2) is 52.0 Å². The molecule has 1 fully saturated rings. The van der Waals surface area contributed by atoms with Crippen LogP contribution in [0.4, 0.5) is 0 Å². The van der Waals surface area contributed by atoms with Crippen LogP contribution in [0, 0.1) is 0 Å². The molecule has 128 valence electrons. The Morgan fingerprint density at radius 2 is 2.04 bits per heavy atom. The van der Waals surface area contributed by atoms with Crippen molar-refractivity contribution in [2.45, 2.75) is 30.3 Å². The van der Waals surface area contributed by atoms with Crippen LogP contribution < -0.4 is 5.32 Å². The van der Waals surface area contributed by atoms with E-state index in [2.05, 4.69) is 5.32 Å². The van der Waals surface area contributed by atoms with Crippen LogP contribution in [-0.2, 0) is 21.4 Å². The van der Waals surface area contributed by atoms with Crippen LogP contribution in [0.2, 0.25) is 5.02 Å². The molecule has 2 aromatic rings. The first-order chi connectivity index (χ1) is 11.5. The molecule has 1 unspecified atom stereocenters. The second kappa shape index (κ2) is 6.96. The van der Waals surface area contributed by atoms with E-state index in [9.17, 15) is 13.2 Å². The Kier molecular flexibility index (Phi) is 4.93. The number of nitrogens with one attached hydrogen (secondary N) is 1. The third-order valence-electron chi connectivity index (χ3n) is 3.94. The normalized spacial score (nSPS) is 18.6. The summed E-state index contributed by atoms with van der Waals surface area (Å²) >= 11 is 5.81. The molecule has 1 saturated heterocycles. The van der Waals surface area contributed by atoms with E-state index in [0.29, 0.717) is 30.2 Å². The fraction of sp³-hybridized carbons (Fsp3) is 0.312. The van der Waals surface area contributed by atoms with Crippen molar-refractivity contribution in [2.75, 3.05) is 6.54 Å². The Hall–Kier alpha value is -1.83. The predicted molar refractivity (Wildman–Crippen MR) is 88.9 cm³/mol. The number of furan rings is 1. The lowest BCUT2D eigenvalue weighted by Gasteiger charge is -2.23. The number of halogens is 1. The Morgan fingerprint density at radius 1 is 1.29 bits per heavy atom. The number of hydrogen-bond donors (Lipinski definition) is 1. The molecular weight excluding hydrogens is 352 g/mol. The van der Waals surface area contributed by atoms with Gasteiger partial charge in [0.25, 0.3) is 0 Å². The SMILES string of the molecule is O=C(NCc1ccco1)C1CCCN1S(=O)(=O)c1ccc(Cl)cc1. The van der Waals surface area contributed by atoms with Crippen LogP contribution in [0.3, 0.4) is 0 Å². The van der Waals surface area contributed by atoms with Gasteiger partial charge in [-0.2, -0.15) is 4.31 Å². The quantitative estimate of drug-likeness (QED) is 0.878. The first-order valence-electron chi connectivity index (χ1n) is 7.56. The maximum Gasteiger partial charge on any atom is 0.243 e. The monoisotopic (exact) mass is 368 g/mol. The van der Waals surface area contributed by atoms with E-state index < -0.39 is 16.1 Å². The highest BCUT2D eigenvalue weighted by atomic mass is 35.5. The van der Waals surface area contributed by atoms with E-state index in [-0.39, 0.29) is 17.3 Å². The zero-order chi connectivity index (χ0) is 17.2. The van der Waals surface area contributed by atoms with E-state index in [1.165, 1.54) is 34.8 Å². The summed E-state index contributed by atoms with van der Waals surface area (Å²) in [6.45, 7) is 0.557. The third kappa shape index (κ3) is 3.48. The molecule has 24 heavy (non-hydrogen) atoms. The predicted octanol–water partition coefficient (Wildman–Crippen LogP) is 2.40. The number of carbonyl (C=O) groups excluding carboxylic acids is 1. The van der Waals surface area contributed by atoms with Crippen LogP contribution in [0.25, 0.3) is 0 Å². The summed E-state index contributed by atoms with van der Waals surface area (Å²) in [7, 11) is -3.73. The number of benzene rings is 1. The summed E-state index contributed by atoms with van der Waals surface area (Å²) < 4.78 is 32.0. The van der Waals surface area contributed by atoms with E-state index in [1.807, 2.05) is 0 Å². The molecule has 0 aliphatic carbocycles. The molecule has 0 radical (unpaired) electrons. The van der Waals surface area contributed by atoms with Crippen LogP contribution >= 0.6 is 11.6 Å². The van der Waals surface area contributed by atoms with Gasteiger partial charge in [-0.1, -0.05) is 11.6 Å². The van der Waals surface area contributed by atoms with Crippen molar-refractivity contribution in [1.29, 1.82) is 0 Å². The van der Waals surface area contributed by atoms with Crippen molar-refractivity contribution in [3.05, 3.63) is 53.4 Å². The fourth-order valence-corrected chi connectivity index (χ4v) is 4.52. The first-order valence-corrected chi connectivity index (χ1v) is 9.38. The summed E-state index contributed by atoms with van der Waals surface area (Å²) in [5.41, 5.74) is 0. The van der Waals surface area contributed by atoms with Crippen LogP contribution in [0.5, 0.6) is 0 Å². The number of rotatable bonds is 5. The molecule has 6 nitrogen and oxygen atoms in total. The highest BCUT2D eigenvalue weighted by Gasteiger charge is 2.39. The summed E-state index contributed by atoms with van der Waals surface area (Å²) in [5, 5.41) is 3.19. The average molecular weight is 369 g/mol.